The van der Waals surface area contributed by atoms with E-state index in [4.69, 9.17) is 0 Å². The van der Waals surface area contributed by atoms with Crippen LogP contribution < -0.4 is 5.32 Å². The first kappa shape index (κ1) is 17.6. The number of hydrogen-bond acceptors (Lipinski definition) is 4. The SMILES string of the molecule is CCCC(NC(C)CCN(C)C)c1cccc([N+](=O)[O-])c1. The fourth-order valence-corrected chi connectivity index (χ4v) is 2.37. The zero-order chi connectivity index (χ0) is 15.8. The molecule has 2 atom stereocenters. The van der Waals surface area contributed by atoms with Gasteiger partial charge in [-0.25, -0.2) is 0 Å². The van der Waals surface area contributed by atoms with Crippen molar-refractivity contribution in [1.82, 2.24) is 10.2 Å². The maximum Gasteiger partial charge on any atom is 0.269 e. The van der Waals surface area contributed by atoms with Gasteiger partial charge < -0.3 is 10.2 Å². The highest BCUT2D eigenvalue weighted by molar-refractivity contribution is 5.35. The van der Waals surface area contributed by atoms with Gasteiger partial charge in [-0.2, -0.15) is 0 Å². The van der Waals surface area contributed by atoms with Crippen LogP contribution in [0.4, 0.5) is 5.69 Å². The standard InChI is InChI=1S/C16H27N3O2/c1-5-7-16(17-13(2)10-11-18(3)4)14-8-6-9-15(12-14)19(20)21/h6,8-9,12-13,16-17H,5,7,10-11H2,1-4H3. The number of rotatable bonds is 9. The third kappa shape index (κ3) is 6.23. The summed E-state index contributed by atoms with van der Waals surface area (Å²) in [5.41, 5.74) is 1.17. The number of nitrogens with one attached hydrogen (secondary N) is 1. The zero-order valence-corrected chi connectivity index (χ0v) is 13.5. The fraction of sp³-hybridized carbons (Fsp3) is 0.625. The highest BCUT2D eigenvalue weighted by Gasteiger charge is 2.16. The molecule has 1 N–H and O–H groups in total. The Morgan fingerprint density at radius 3 is 2.62 bits per heavy atom. The van der Waals surface area contributed by atoms with Crippen molar-refractivity contribution in [2.75, 3.05) is 20.6 Å². The Hall–Kier alpha value is -1.46. The van der Waals surface area contributed by atoms with E-state index in [1.165, 1.54) is 0 Å². The lowest BCUT2D eigenvalue weighted by atomic mass is 10.0. The van der Waals surface area contributed by atoms with E-state index in [1.54, 1.807) is 18.2 Å². The summed E-state index contributed by atoms with van der Waals surface area (Å²) in [6.45, 7) is 5.34. The molecular formula is C16H27N3O2. The van der Waals surface area contributed by atoms with E-state index in [2.05, 4.69) is 38.2 Å². The molecule has 1 aromatic rings. The molecular weight excluding hydrogens is 266 g/mol. The Morgan fingerprint density at radius 1 is 1.33 bits per heavy atom. The second-order valence-corrected chi connectivity index (χ2v) is 5.85. The average molecular weight is 293 g/mol. The quantitative estimate of drug-likeness (QED) is 0.560. The summed E-state index contributed by atoms with van der Waals surface area (Å²) in [5, 5.41) is 14.5. The van der Waals surface area contributed by atoms with Gasteiger partial charge in [0.1, 0.15) is 0 Å². The van der Waals surface area contributed by atoms with E-state index in [1.807, 2.05) is 6.07 Å². The molecule has 0 aromatic heterocycles. The van der Waals surface area contributed by atoms with E-state index < -0.39 is 0 Å². The van der Waals surface area contributed by atoms with Crippen molar-refractivity contribution in [1.29, 1.82) is 0 Å². The van der Waals surface area contributed by atoms with Crippen molar-refractivity contribution >= 4 is 5.69 Å². The predicted molar refractivity (Wildman–Crippen MR) is 86.5 cm³/mol. The van der Waals surface area contributed by atoms with Gasteiger partial charge in [-0.1, -0.05) is 25.5 Å². The van der Waals surface area contributed by atoms with Crippen LogP contribution in [-0.4, -0.2) is 36.5 Å². The van der Waals surface area contributed by atoms with Crippen LogP contribution in [0, 0.1) is 10.1 Å². The third-order valence-electron chi connectivity index (χ3n) is 3.56. The number of non-ortho nitro benzene ring substituents is 1. The lowest BCUT2D eigenvalue weighted by Gasteiger charge is -2.24. The summed E-state index contributed by atoms with van der Waals surface area (Å²) in [6.07, 6.45) is 3.08. The summed E-state index contributed by atoms with van der Waals surface area (Å²) < 4.78 is 0. The minimum Gasteiger partial charge on any atom is -0.309 e. The van der Waals surface area contributed by atoms with Crippen molar-refractivity contribution in [3.63, 3.8) is 0 Å². The summed E-state index contributed by atoms with van der Waals surface area (Å²) in [5.74, 6) is 0. The van der Waals surface area contributed by atoms with Crippen LogP contribution in [0.2, 0.25) is 0 Å². The van der Waals surface area contributed by atoms with E-state index >= 15 is 0 Å². The van der Waals surface area contributed by atoms with Crippen molar-refractivity contribution in [3.8, 4) is 0 Å². The molecule has 0 bridgehead atoms. The van der Waals surface area contributed by atoms with Crippen LogP contribution in [0.5, 0.6) is 0 Å². The molecule has 0 saturated carbocycles. The molecule has 0 amide bonds. The summed E-state index contributed by atoms with van der Waals surface area (Å²) in [4.78, 5) is 12.7. The van der Waals surface area contributed by atoms with Crippen molar-refractivity contribution < 1.29 is 4.92 Å². The molecule has 1 rings (SSSR count). The summed E-state index contributed by atoms with van der Waals surface area (Å²) in [6, 6.07) is 7.52. The predicted octanol–water partition coefficient (Wildman–Crippen LogP) is 3.37. The molecule has 1 aromatic carbocycles. The van der Waals surface area contributed by atoms with E-state index in [-0.39, 0.29) is 16.7 Å². The lowest BCUT2D eigenvalue weighted by molar-refractivity contribution is -0.384. The molecule has 0 heterocycles. The molecule has 2 unspecified atom stereocenters. The Labute approximate surface area is 127 Å². The van der Waals surface area contributed by atoms with Crippen molar-refractivity contribution in [2.45, 2.75) is 45.2 Å². The van der Waals surface area contributed by atoms with Gasteiger partial charge in [-0.3, -0.25) is 10.1 Å². The van der Waals surface area contributed by atoms with Gasteiger partial charge >= 0.3 is 0 Å². The molecule has 5 heteroatoms. The number of hydrogen-bond donors (Lipinski definition) is 1. The van der Waals surface area contributed by atoms with Crippen LogP contribution in [0.15, 0.2) is 24.3 Å². The maximum atomic E-state index is 10.9. The molecule has 0 saturated heterocycles. The van der Waals surface area contributed by atoms with Crippen LogP contribution in [0.3, 0.4) is 0 Å². The van der Waals surface area contributed by atoms with Crippen LogP contribution in [-0.2, 0) is 0 Å². The van der Waals surface area contributed by atoms with Crippen LogP contribution >= 0.6 is 0 Å². The van der Waals surface area contributed by atoms with Crippen molar-refractivity contribution in [2.24, 2.45) is 0 Å². The first-order valence-corrected chi connectivity index (χ1v) is 7.59. The Kier molecular flexibility index (Phi) is 7.32. The van der Waals surface area contributed by atoms with Gasteiger partial charge in [0.15, 0.2) is 0 Å². The molecule has 5 nitrogen and oxygen atoms in total. The number of benzene rings is 1. The second-order valence-electron chi connectivity index (χ2n) is 5.85. The van der Waals surface area contributed by atoms with E-state index in [0.717, 1.165) is 31.4 Å². The summed E-state index contributed by atoms with van der Waals surface area (Å²) >= 11 is 0. The van der Waals surface area contributed by atoms with Gasteiger partial charge in [0.05, 0.1) is 4.92 Å². The molecule has 0 radical (unpaired) electrons. The molecule has 0 aliphatic carbocycles. The second kappa shape index (κ2) is 8.74. The normalized spacial score (nSPS) is 14.1. The van der Waals surface area contributed by atoms with Gasteiger partial charge in [0.25, 0.3) is 5.69 Å². The maximum absolute atomic E-state index is 10.9. The number of nitro groups is 1. The smallest absolute Gasteiger partial charge is 0.269 e. The molecule has 118 valence electrons. The molecule has 0 fully saturated rings. The topological polar surface area (TPSA) is 58.4 Å². The number of nitro benzene ring substituents is 1. The average Bonchev–Trinajstić information content (AvgIpc) is 2.44. The van der Waals surface area contributed by atoms with Gasteiger partial charge in [-0.15, -0.1) is 0 Å². The molecule has 0 aliphatic heterocycles. The monoisotopic (exact) mass is 293 g/mol. The van der Waals surface area contributed by atoms with E-state index in [0.29, 0.717) is 6.04 Å². The lowest BCUT2D eigenvalue weighted by Crippen LogP contribution is -2.33. The largest absolute Gasteiger partial charge is 0.309 e. The van der Waals surface area contributed by atoms with Crippen LogP contribution in [0.25, 0.3) is 0 Å². The van der Waals surface area contributed by atoms with Gasteiger partial charge in [0, 0.05) is 24.2 Å². The fourth-order valence-electron chi connectivity index (χ4n) is 2.37. The Balaban J connectivity index is 2.76. The minimum absolute atomic E-state index is 0.163. The Morgan fingerprint density at radius 2 is 2.05 bits per heavy atom. The number of nitrogens with zero attached hydrogens (tertiary/aromatic N) is 2. The van der Waals surface area contributed by atoms with Crippen molar-refractivity contribution in [3.05, 3.63) is 39.9 Å². The van der Waals surface area contributed by atoms with Crippen LogP contribution in [0.1, 0.15) is 44.7 Å². The molecule has 0 spiro atoms. The highest BCUT2D eigenvalue weighted by atomic mass is 16.6. The first-order chi connectivity index (χ1) is 9.93. The molecule has 21 heavy (non-hydrogen) atoms. The Bertz CT molecular complexity index is 449. The van der Waals surface area contributed by atoms with Gasteiger partial charge in [0.2, 0.25) is 0 Å². The zero-order valence-electron chi connectivity index (χ0n) is 13.5. The van der Waals surface area contributed by atoms with Gasteiger partial charge in [-0.05, 0) is 46.0 Å². The highest BCUT2D eigenvalue weighted by Crippen LogP contribution is 2.23. The first-order valence-electron chi connectivity index (χ1n) is 7.59. The third-order valence-corrected chi connectivity index (χ3v) is 3.56. The summed E-state index contributed by atoms with van der Waals surface area (Å²) in [7, 11) is 4.13. The molecule has 0 aliphatic rings. The van der Waals surface area contributed by atoms with E-state index in [9.17, 15) is 10.1 Å². The minimum atomic E-state index is -0.331.